The molecule has 0 aliphatic rings. The Labute approximate surface area is 72.1 Å². The minimum absolute atomic E-state index is 0. The zero-order valence-electron chi connectivity index (χ0n) is 5.56. The maximum Gasteiger partial charge on any atom is 0.357 e. The van der Waals surface area contributed by atoms with Gasteiger partial charge < -0.3 is 0 Å². The molecule has 2 N–H and O–H groups in total. The van der Waals surface area contributed by atoms with E-state index in [0.29, 0.717) is 5.69 Å². The summed E-state index contributed by atoms with van der Waals surface area (Å²) in [5.41, 5.74) is 0.343. The Bertz CT molecular complexity index is 320. The van der Waals surface area contributed by atoms with Crippen LogP contribution in [-0.4, -0.2) is 13.0 Å². The molecule has 0 spiro atoms. The normalized spacial score (nSPS) is 10.1. The van der Waals surface area contributed by atoms with Crippen molar-refractivity contribution in [3.63, 3.8) is 0 Å². The van der Waals surface area contributed by atoms with E-state index < -0.39 is 10.3 Å². The molecule has 0 bridgehead atoms. The molecule has 0 atom stereocenters. The van der Waals surface area contributed by atoms with Crippen LogP contribution in [0.15, 0.2) is 30.3 Å². The lowest BCUT2D eigenvalue weighted by atomic mass is 10.3. The lowest BCUT2D eigenvalue weighted by Crippen LogP contribution is -2.09. The second kappa shape index (κ2) is 4.08. The summed E-state index contributed by atoms with van der Waals surface area (Å²) in [7, 11) is -4.13. The third-order valence-corrected chi connectivity index (χ3v) is 1.51. The summed E-state index contributed by atoms with van der Waals surface area (Å²) < 4.78 is 30.7. The second-order valence-electron chi connectivity index (χ2n) is 1.94. The highest BCUT2D eigenvalue weighted by Gasteiger charge is 2.00. The van der Waals surface area contributed by atoms with Crippen LogP contribution in [0.25, 0.3) is 0 Å². The van der Waals surface area contributed by atoms with Crippen molar-refractivity contribution in [2.75, 3.05) is 4.72 Å². The van der Waals surface area contributed by atoms with Crippen LogP contribution in [-0.2, 0) is 10.3 Å². The van der Waals surface area contributed by atoms with E-state index in [9.17, 15) is 8.42 Å². The summed E-state index contributed by atoms with van der Waals surface area (Å²) in [4.78, 5) is 0. The van der Waals surface area contributed by atoms with Crippen LogP contribution in [0.5, 0.6) is 0 Å². The van der Waals surface area contributed by atoms with E-state index in [1.807, 2.05) is 4.72 Å². The quantitative estimate of drug-likeness (QED) is 0.693. The number of hydrogen-bond acceptors (Lipinski definition) is 2. The molecule has 5 heteroatoms. The molecule has 1 aromatic rings. The van der Waals surface area contributed by atoms with Crippen molar-refractivity contribution in [2.45, 2.75) is 7.43 Å². The van der Waals surface area contributed by atoms with E-state index >= 15 is 0 Å². The standard InChI is InChI=1S/C6H7NO3S.CH4/c8-11(9,10)7-6-4-2-1-3-5-6;/h1-5,7H,(H,8,9,10);1H4. The molecule has 0 radical (unpaired) electrons. The Balaban J connectivity index is 0.00000121. The van der Waals surface area contributed by atoms with Gasteiger partial charge in [-0.3, -0.25) is 9.27 Å². The third-order valence-electron chi connectivity index (χ3n) is 1.02. The smallest absolute Gasteiger partial charge is 0.269 e. The largest absolute Gasteiger partial charge is 0.357 e. The Morgan fingerprint density at radius 3 is 2.08 bits per heavy atom. The first-order valence-corrected chi connectivity index (χ1v) is 4.32. The van der Waals surface area contributed by atoms with Crippen molar-refractivity contribution >= 4 is 16.0 Å². The van der Waals surface area contributed by atoms with E-state index in [-0.39, 0.29) is 7.43 Å². The van der Waals surface area contributed by atoms with Gasteiger partial charge in [0, 0.05) is 0 Å². The van der Waals surface area contributed by atoms with Gasteiger partial charge >= 0.3 is 10.3 Å². The van der Waals surface area contributed by atoms with Gasteiger partial charge in [0.2, 0.25) is 0 Å². The van der Waals surface area contributed by atoms with Crippen LogP contribution in [0.1, 0.15) is 7.43 Å². The lowest BCUT2D eigenvalue weighted by molar-refractivity contribution is 0.490. The van der Waals surface area contributed by atoms with Crippen molar-refractivity contribution in [3.8, 4) is 0 Å². The summed E-state index contributed by atoms with van der Waals surface area (Å²) in [6.07, 6.45) is 0. The van der Waals surface area contributed by atoms with E-state index in [1.165, 1.54) is 12.1 Å². The summed E-state index contributed by atoms with van der Waals surface area (Å²) in [5.74, 6) is 0. The van der Waals surface area contributed by atoms with Crippen LogP contribution in [0, 0.1) is 0 Å². The SMILES string of the molecule is C.O=S(=O)(O)Nc1ccccc1. The number of anilines is 1. The van der Waals surface area contributed by atoms with Crippen LogP contribution in [0.4, 0.5) is 5.69 Å². The average Bonchev–Trinajstić information content (AvgIpc) is 1.85. The molecule has 1 aromatic carbocycles. The van der Waals surface area contributed by atoms with Gasteiger partial charge in [0.25, 0.3) is 0 Å². The maximum atomic E-state index is 10.2. The minimum Gasteiger partial charge on any atom is -0.269 e. The van der Waals surface area contributed by atoms with Crippen LogP contribution >= 0.6 is 0 Å². The van der Waals surface area contributed by atoms with Crippen molar-refractivity contribution in [1.29, 1.82) is 0 Å². The highest BCUT2D eigenvalue weighted by atomic mass is 32.2. The van der Waals surface area contributed by atoms with E-state index in [4.69, 9.17) is 4.55 Å². The fourth-order valence-electron chi connectivity index (χ4n) is 0.655. The summed E-state index contributed by atoms with van der Waals surface area (Å²) in [6.45, 7) is 0. The number of hydrogen-bond donors (Lipinski definition) is 2. The Morgan fingerprint density at radius 1 is 1.17 bits per heavy atom. The molecule has 4 nitrogen and oxygen atoms in total. The van der Waals surface area contributed by atoms with Gasteiger partial charge in [0.15, 0.2) is 0 Å². The van der Waals surface area contributed by atoms with Gasteiger partial charge in [0.05, 0.1) is 5.69 Å². The minimum atomic E-state index is -4.13. The van der Waals surface area contributed by atoms with Gasteiger partial charge in [-0.2, -0.15) is 8.42 Å². The van der Waals surface area contributed by atoms with Crippen molar-refractivity contribution < 1.29 is 13.0 Å². The zero-order valence-corrected chi connectivity index (χ0v) is 6.38. The molecule has 0 fully saturated rings. The number of nitrogens with one attached hydrogen (secondary N) is 1. The first kappa shape index (κ1) is 10.9. The van der Waals surface area contributed by atoms with Gasteiger partial charge in [-0.1, -0.05) is 25.6 Å². The van der Waals surface area contributed by atoms with Crippen molar-refractivity contribution in [1.82, 2.24) is 0 Å². The molecule has 0 heterocycles. The maximum absolute atomic E-state index is 10.2. The Morgan fingerprint density at radius 2 is 1.67 bits per heavy atom. The van der Waals surface area contributed by atoms with E-state index in [1.54, 1.807) is 18.2 Å². The number of benzene rings is 1. The van der Waals surface area contributed by atoms with Crippen molar-refractivity contribution in [3.05, 3.63) is 30.3 Å². The van der Waals surface area contributed by atoms with Crippen LogP contribution < -0.4 is 4.72 Å². The molecular weight excluding hydrogens is 178 g/mol. The lowest BCUT2D eigenvalue weighted by Gasteiger charge is -1.99. The molecule has 0 amide bonds. The van der Waals surface area contributed by atoms with Crippen molar-refractivity contribution in [2.24, 2.45) is 0 Å². The Hall–Kier alpha value is -1.07. The predicted octanol–water partition coefficient (Wildman–Crippen LogP) is 1.54. The monoisotopic (exact) mass is 189 g/mol. The van der Waals surface area contributed by atoms with Gasteiger partial charge in [-0.05, 0) is 12.1 Å². The van der Waals surface area contributed by atoms with E-state index in [2.05, 4.69) is 0 Å². The molecule has 12 heavy (non-hydrogen) atoms. The average molecular weight is 189 g/mol. The highest BCUT2D eigenvalue weighted by Crippen LogP contribution is 2.05. The molecule has 68 valence electrons. The highest BCUT2D eigenvalue weighted by molar-refractivity contribution is 7.87. The summed E-state index contributed by atoms with van der Waals surface area (Å²) in [6, 6.07) is 8.14. The predicted molar refractivity (Wildman–Crippen MR) is 48.3 cm³/mol. The fourth-order valence-corrected chi connectivity index (χ4v) is 1.09. The topological polar surface area (TPSA) is 66.4 Å². The fraction of sp³-hybridized carbons (Fsp3) is 0.143. The third kappa shape index (κ3) is 3.95. The number of rotatable bonds is 2. The van der Waals surface area contributed by atoms with Crippen LogP contribution in [0.3, 0.4) is 0 Å². The molecule has 0 aliphatic carbocycles. The molecule has 1 rings (SSSR count). The Kier molecular flexibility index (Phi) is 3.72. The molecule has 0 aromatic heterocycles. The molecular formula is C7H11NO3S. The molecule has 0 saturated carbocycles. The molecule has 0 saturated heterocycles. The van der Waals surface area contributed by atoms with Crippen LogP contribution in [0.2, 0.25) is 0 Å². The first-order valence-electron chi connectivity index (χ1n) is 2.88. The first-order chi connectivity index (χ1) is 5.08. The number of para-hydroxylation sites is 1. The van der Waals surface area contributed by atoms with E-state index in [0.717, 1.165) is 0 Å². The second-order valence-corrected chi connectivity index (χ2v) is 3.10. The molecule has 0 aliphatic heterocycles. The zero-order chi connectivity index (χ0) is 8.32. The van der Waals surface area contributed by atoms with Gasteiger partial charge in [-0.15, -0.1) is 0 Å². The summed E-state index contributed by atoms with van der Waals surface area (Å²) in [5, 5.41) is 0. The van der Waals surface area contributed by atoms with Gasteiger partial charge in [-0.25, -0.2) is 0 Å². The van der Waals surface area contributed by atoms with Gasteiger partial charge in [0.1, 0.15) is 0 Å². The summed E-state index contributed by atoms with van der Waals surface area (Å²) >= 11 is 0. The molecule has 0 unspecified atom stereocenters.